The minimum atomic E-state index is -0.551. The lowest BCUT2D eigenvalue weighted by Crippen LogP contribution is -2.33. The highest BCUT2D eigenvalue weighted by atomic mass is 16.6. The van der Waals surface area contributed by atoms with E-state index >= 15 is 0 Å². The Balaban J connectivity index is 2.62. The van der Waals surface area contributed by atoms with E-state index in [-0.39, 0.29) is 6.54 Å². The summed E-state index contributed by atoms with van der Waals surface area (Å²) in [5, 5.41) is 2.60. The second kappa shape index (κ2) is 5.73. The first-order valence-electron chi connectivity index (χ1n) is 5.97. The molecule has 0 saturated carbocycles. The highest BCUT2D eigenvalue weighted by Crippen LogP contribution is 2.10. The number of nitrogens with one attached hydrogen (secondary N) is 1. The number of ether oxygens (including phenoxy) is 1. The van der Waals surface area contributed by atoms with Crippen LogP contribution in [0.5, 0.6) is 0 Å². The number of alkyl carbamates (subject to hydrolysis) is 1. The first-order valence-corrected chi connectivity index (χ1v) is 5.97. The maximum absolute atomic E-state index is 11.5. The van der Waals surface area contributed by atoms with Crippen molar-refractivity contribution in [3.05, 3.63) is 18.2 Å². The molecule has 19 heavy (non-hydrogen) atoms. The predicted octanol–water partition coefficient (Wildman–Crippen LogP) is 0.954. The van der Waals surface area contributed by atoms with Crippen molar-refractivity contribution in [1.82, 2.24) is 14.9 Å². The molecule has 0 aromatic carbocycles. The third-order valence-corrected chi connectivity index (χ3v) is 2.39. The zero-order chi connectivity index (χ0) is 14.6. The fourth-order valence-corrected chi connectivity index (χ4v) is 1.43. The van der Waals surface area contributed by atoms with Gasteiger partial charge < -0.3 is 20.4 Å². The van der Waals surface area contributed by atoms with Crippen LogP contribution in [0.15, 0.2) is 12.5 Å². The molecular weight excluding hydrogens is 248 g/mol. The molecule has 1 heterocycles. The van der Waals surface area contributed by atoms with E-state index in [0.717, 1.165) is 0 Å². The number of imidazole rings is 1. The molecule has 1 aromatic heterocycles. The number of hydrogen-bond acceptors (Lipinski definition) is 4. The van der Waals surface area contributed by atoms with Gasteiger partial charge in [0.05, 0.1) is 18.6 Å². The summed E-state index contributed by atoms with van der Waals surface area (Å²) in [4.78, 5) is 26.6. The van der Waals surface area contributed by atoms with E-state index in [0.29, 0.717) is 5.69 Å². The van der Waals surface area contributed by atoms with Crippen LogP contribution in [0.25, 0.3) is 0 Å². The molecule has 0 aliphatic heterocycles. The zero-order valence-corrected chi connectivity index (χ0v) is 11.6. The lowest BCUT2D eigenvalue weighted by Gasteiger charge is -2.20. The number of rotatable bonds is 4. The van der Waals surface area contributed by atoms with E-state index < -0.39 is 23.6 Å². The molecule has 1 atom stereocenters. The van der Waals surface area contributed by atoms with Crippen molar-refractivity contribution in [1.29, 1.82) is 0 Å². The van der Waals surface area contributed by atoms with Crippen LogP contribution < -0.4 is 11.1 Å². The summed E-state index contributed by atoms with van der Waals surface area (Å²) in [7, 11) is 0. The highest BCUT2D eigenvalue weighted by Gasteiger charge is 2.18. The summed E-state index contributed by atoms with van der Waals surface area (Å²) in [6.45, 7) is 7.23. The number of nitrogens with two attached hydrogens (primary N) is 1. The van der Waals surface area contributed by atoms with E-state index in [1.54, 1.807) is 38.5 Å². The molecule has 1 rings (SSSR count). The molecule has 0 aliphatic rings. The van der Waals surface area contributed by atoms with Crippen molar-refractivity contribution in [3.8, 4) is 0 Å². The Morgan fingerprint density at radius 2 is 2.16 bits per heavy atom. The van der Waals surface area contributed by atoms with Crippen LogP contribution in [0.3, 0.4) is 0 Å². The lowest BCUT2D eigenvalue weighted by atomic mass is 10.2. The second-order valence-electron chi connectivity index (χ2n) is 5.23. The molecule has 0 bridgehead atoms. The average Bonchev–Trinajstić information content (AvgIpc) is 2.70. The van der Waals surface area contributed by atoms with Crippen LogP contribution in [0.2, 0.25) is 0 Å². The number of carbonyl (C=O) groups excluding carboxylic acids is 2. The third kappa shape index (κ3) is 4.61. The summed E-state index contributed by atoms with van der Waals surface area (Å²) in [5.74, 6) is -0.462. The van der Waals surface area contributed by atoms with Gasteiger partial charge in [0, 0.05) is 6.20 Å². The number of hydrogen-bond donors (Lipinski definition) is 2. The van der Waals surface area contributed by atoms with Crippen LogP contribution >= 0.6 is 0 Å². The van der Waals surface area contributed by atoms with Crippen LogP contribution in [-0.2, 0) is 16.1 Å². The van der Waals surface area contributed by atoms with Crippen molar-refractivity contribution in [2.45, 2.75) is 45.9 Å². The largest absolute Gasteiger partial charge is 0.444 e. The molecule has 106 valence electrons. The van der Waals surface area contributed by atoms with Crippen LogP contribution in [-0.4, -0.2) is 27.2 Å². The van der Waals surface area contributed by atoms with E-state index in [2.05, 4.69) is 10.3 Å². The van der Waals surface area contributed by atoms with Gasteiger partial charge in [-0.25, -0.2) is 9.78 Å². The SMILES string of the molecule is CC(C(N)=O)n1cncc1CNC(=O)OC(C)(C)C. The fourth-order valence-electron chi connectivity index (χ4n) is 1.43. The van der Waals surface area contributed by atoms with Gasteiger partial charge in [-0.2, -0.15) is 0 Å². The standard InChI is InChI=1S/C12H20N4O3/c1-8(10(13)17)16-7-14-5-9(16)6-15-11(18)19-12(2,3)4/h5,7-8H,6H2,1-4H3,(H2,13,17)(H,15,18). The Hall–Kier alpha value is -2.05. The molecule has 0 aliphatic carbocycles. The molecule has 0 saturated heterocycles. The molecule has 3 N–H and O–H groups in total. The quantitative estimate of drug-likeness (QED) is 0.849. The van der Waals surface area contributed by atoms with Gasteiger partial charge in [-0.1, -0.05) is 0 Å². The smallest absolute Gasteiger partial charge is 0.407 e. The average molecular weight is 268 g/mol. The van der Waals surface area contributed by atoms with Gasteiger partial charge in [-0.3, -0.25) is 4.79 Å². The second-order valence-corrected chi connectivity index (χ2v) is 5.23. The number of aromatic nitrogens is 2. The molecular formula is C12H20N4O3. The zero-order valence-electron chi connectivity index (χ0n) is 11.6. The molecule has 1 unspecified atom stereocenters. The summed E-state index contributed by atoms with van der Waals surface area (Å²) in [5.41, 5.74) is 5.36. The number of carbonyl (C=O) groups is 2. The van der Waals surface area contributed by atoms with Gasteiger partial charge in [-0.15, -0.1) is 0 Å². The summed E-state index contributed by atoms with van der Waals surface area (Å²) < 4.78 is 6.72. The van der Waals surface area contributed by atoms with Gasteiger partial charge in [0.2, 0.25) is 5.91 Å². The van der Waals surface area contributed by atoms with Gasteiger partial charge in [0.1, 0.15) is 11.6 Å². The van der Waals surface area contributed by atoms with Crippen LogP contribution in [0.4, 0.5) is 4.79 Å². The van der Waals surface area contributed by atoms with E-state index in [9.17, 15) is 9.59 Å². The Kier molecular flexibility index (Phi) is 4.52. The molecule has 7 nitrogen and oxygen atoms in total. The van der Waals surface area contributed by atoms with Gasteiger partial charge in [0.15, 0.2) is 0 Å². The Morgan fingerprint density at radius 3 is 2.68 bits per heavy atom. The minimum Gasteiger partial charge on any atom is -0.444 e. The summed E-state index contributed by atoms with van der Waals surface area (Å²) in [6, 6.07) is -0.516. The first-order chi connectivity index (χ1) is 8.70. The summed E-state index contributed by atoms with van der Waals surface area (Å²) >= 11 is 0. The summed E-state index contributed by atoms with van der Waals surface area (Å²) in [6.07, 6.45) is 2.55. The molecule has 0 fully saturated rings. The highest BCUT2D eigenvalue weighted by molar-refractivity contribution is 5.78. The maximum Gasteiger partial charge on any atom is 0.407 e. The minimum absolute atomic E-state index is 0.215. The normalized spacial score (nSPS) is 12.8. The first kappa shape index (κ1) is 15.0. The Bertz CT molecular complexity index is 462. The lowest BCUT2D eigenvalue weighted by molar-refractivity contribution is -0.120. The monoisotopic (exact) mass is 268 g/mol. The van der Waals surface area contributed by atoms with Crippen LogP contribution in [0, 0.1) is 0 Å². The van der Waals surface area contributed by atoms with Crippen LogP contribution in [0.1, 0.15) is 39.4 Å². The topological polar surface area (TPSA) is 99.2 Å². The number of primary amides is 1. The number of amides is 2. The van der Waals surface area contributed by atoms with Crippen molar-refractivity contribution in [3.63, 3.8) is 0 Å². The molecule has 0 spiro atoms. The predicted molar refractivity (Wildman–Crippen MR) is 69.2 cm³/mol. The molecule has 0 radical (unpaired) electrons. The Labute approximate surface area is 112 Å². The van der Waals surface area contributed by atoms with Crippen molar-refractivity contribution in [2.24, 2.45) is 5.73 Å². The molecule has 7 heteroatoms. The van der Waals surface area contributed by atoms with E-state index in [1.807, 2.05) is 0 Å². The van der Waals surface area contributed by atoms with E-state index in [4.69, 9.17) is 10.5 Å². The van der Waals surface area contributed by atoms with Gasteiger partial charge in [-0.05, 0) is 27.7 Å². The molecule has 2 amide bonds. The molecule has 1 aromatic rings. The van der Waals surface area contributed by atoms with Gasteiger partial charge in [0.25, 0.3) is 0 Å². The van der Waals surface area contributed by atoms with Gasteiger partial charge >= 0.3 is 6.09 Å². The fraction of sp³-hybridized carbons (Fsp3) is 0.583. The van der Waals surface area contributed by atoms with Crippen molar-refractivity contribution >= 4 is 12.0 Å². The van der Waals surface area contributed by atoms with Crippen molar-refractivity contribution < 1.29 is 14.3 Å². The van der Waals surface area contributed by atoms with E-state index in [1.165, 1.54) is 6.33 Å². The number of nitrogens with zero attached hydrogens (tertiary/aromatic N) is 2. The third-order valence-electron chi connectivity index (χ3n) is 2.39. The van der Waals surface area contributed by atoms with Crippen molar-refractivity contribution in [2.75, 3.05) is 0 Å². The maximum atomic E-state index is 11.5. The Morgan fingerprint density at radius 1 is 1.53 bits per heavy atom.